The molecule has 0 radical (unpaired) electrons. The van der Waals surface area contributed by atoms with Crippen LogP contribution in [0.5, 0.6) is 5.75 Å². The molecule has 2 aromatic carbocycles. The first kappa shape index (κ1) is 23.2. The number of carbonyl (C=O) groups excluding carboxylic acids is 1. The van der Waals surface area contributed by atoms with Gasteiger partial charge in [-0.25, -0.2) is 0 Å². The summed E-state index contributed by atoms with van der Waals surface area (Å²) in [5.74, 6) is 0.902. The molecule has 2 aliphatic rings. The third-order valence-corrected chi connectivity index (χ3v) is 7.86. The van der Waals surface area contributed by atoms with Crippen molar-refractivity contribution in [1.29, 1.82) is 0 Å². The molecule has 3 N–H and O–H groups in total. The summed E-state index contributed by atoms with van der Waals surface area (Å²) in [6.07, 6.45) is 4.61. The molecule has 1 atom stereocenters. The molecule has 0 saturated carbocycles. The third-order valence-electron chi connectivity index (χ3n) is 7.16. The summed E-state index contributed by atoms with van der Waals surface area (Å²) in [6.45, 7) is 3.92. The number of thiophene rings is 1. The number of amides is 1. The van der Waals surface area contributed by atoms with Crippen LogP contribution >= 0.6 is 11.3 Å². The van der Waals surface area contributed by atoms with Crippen molar-refractivity contribution in [2.24, 2.45) is 0 Å². The van der Waals surface area contributed by atoms with Crippen LogP contribution in [0.1, 0.15) is 37.3 Å². The number of aromatic amines is 1. The van der Waals surface area contributed by atoms with E-state index < -0.39 is 0 Å². The molecule has 4 heterocycles. The van der Waals surface area contributed by atoms with Crippen molar-refractivity contribution >= 4 is 33.8 Å². The number of fused-ring (bicyclic) bond motifs is 1. The van der Waals surface area contributed by atoms with Crippen molar-refractivity contribution < 1.29 is 9.53 Å². The number of carbonyl (C=O) groups is 1. The van der Waals surface area contributed by atoms with Gasteiger partial charge in [0, 0.05) is 16.6 Å². The fraction of sp³-hybridized carbons (Fsp3) is 0.357. The minimum Gasteiger partial charge on any atom is -0.490 e. The van der Waals surface area contributed by atoms with Crippen molar-refractivity contribution in [2.75, 3.05) is 31.5 Å². The van der Waals surface area contributed by atoms with Crippen molar-refractivity contribution in [1.82, 2.24) is 20.4 Å². The van der Waals surface area contributed by atoms with Gasteiger partial charge in [0.25, 0.3) is 0 Å². The molecular weight excluding hydrogens is 470 g/mol. The molecule has 4 aromatic rings. The molecule has 2 aromatic heterocycles. The first-order valence-electron chi connectivity index (χ1n) is 12.8. The molecule has 2 aliphatic heterocycles. The highest BCUT2D eigenvalue weighted by atomic mass is 32.1. The van der Waals surface area contributed by atoms with Crippen LogP contribution in [-0.4, -0.2) is 53.3 Å². The molecule has 0 aliphatic carbocycles. The number of H-pyrrole nitrogens is 1. The summed E-state index contributed by atoms with van der Waals surface area (Å²) >= 11 is 1.63. The Morgan fingerprint density at radius 3 is 2.64 bits per heavy atom. The van der Waals surface area contributed by atoms with E-state index >= 15 is 0 Å². The zero-order valence-corrected chi connectivity index (χ0v) is 21.0. The van der Waals surface area contributed by atoms with Crippen molar-refractivity contribution in [3.8, 4) is 17.0 Å². The Hall–Kier alpha value is -3.20. The molecule has 0 bridgehead atoms. The molecule has 6 rings (SSSR count). The highest BCUT2D eigenvalue weighted by Crippen LogP contribution is 2.32. The number of piperidine rings is 1. The van der Waals surface area contributed by atoms with Crippen LogP contribution < -0.4 is 15.4 Å². The zero-order chi connectivity index (χ0) is 24.3. The fourth-order valence-corrected chi connectivity index (χ4v) is 5.96. The van der Waals surface area contributed by atoms with Crippen LogP contribution in [0.15, 0.2) is 59.3 Å². The van der Waals surface area contributed by atoms with E-state index in [0.717, 1.165) is 91.0 Å². The van der Waals surface area contributed by atoms with Gasteiger partial charge in [-0.1, -0.05) is 0 Å². The van der Waals surface area contributed by atoms with Gasteiger partial charge in [0.05, 0.1) is 11.2 Å². The zero-order valence-electron chi connectivity index (χ0n) is 20.2. The van der Waals surface area contributed by atoms with Gasteiger partial charge in [0.1, 0.15) is 17.9 Å². The van der Waals surface area contributed by atoms with E-state index in [1.165, 1.54) is 0 Å². The minimum atomic E-state index is -0.259. The highest BCUT2D eigenvalue weighted by Gasteiger charge is 2.30. The summed E-state index contributed by atoms with van der Waals surface area (Å²) in [6, 6.07) is 15.9. The number of rotatable bonds is 7. The lowest BCUT2D eigenvalue weighted by Gasteiger charge is -2.26. The van der Waals surface area contributed by atoms with E-state index in [2.05, 4.69) is 49.3 Å². The van der Waals surface area contributed by atoms with E-state index in [-0.39, 0.29) is 18.1 Å². The minimum absolute atomic E-state index is 0.0131. The molecule has 2 saturated heterocycles. The Morgan fingerprint density at radius 2 is 1.89 bits per heavy atom. The van der Waals surface area contributed by atoms with Crippen LogP contribution in [0, 0.1) is 0 Å². The molecule has 1 unspecified atom stereocenters. The predicted molar refractivity (Wildman–Crippen MR) is 145 cm³/mol. The lowest BCUT2D eigenvalue weighted by atomic mass is 10.1. The maximum absolute atomic E-state index is 13.4. The molecular formula is C28H31N5O2S. The van der Waals surface area contributed by atoms with E-state index in [4.69, 9.17) is 4.74 Å². The summed E-state index contributed by atoms with van der Waals surface area (Å²) < 4.78 is 6.15. The number of hydrogen-bond acceptors (Lipinski definition) is 6. The lowest BCUT2D eigenvalue weighted by Crippen LogP contribution is -2.35. The fourth-order valence-electron chi connectivity index (χ4n) is 5.28. The average molecular weight is 502 g/mol. The summed E-state index contributed by atoms with van der Waals surface area (Å²) in [5, 5.41) is 19.4. The maximum atomic E-state index is 13.4. The smallest absolute Gasteiger partial charge is 0.246 e. The van der Waals surface area contributed by atoms with Crippen molar-refractivity contribution in [3.63, 3.8) is 0 Å². The Labute approximate surface area is 214 Å². The second kappa shape index (κ2) is 10.4. The Morgan fingerprint density at radius 1 is 1.08 bits per heavy atom. The van der Waals surface area contributed by atoms with Gasteiger partial charge in [-0.3, -0.25) is 14.8 Å². The second-order valence-electron chi connectivity index (χ2n) is 9.62. The van der Waals surface area contributed by atoms with Gasteiger partial charge in [0.15, 0.2) is 0 Å². The van der Waals surface area contributed by atoms with Gasteiger partial charge in [-0.05, 0) is 117 Å². The van der Waals surface area contributed by atoms with Gasteiger partial charge < -0.3 is 15.4 Å². The van der Waals surface area contributed by atoms with Crippen LogP contribution in [-0.2, 0) is 4.79 Å². The lowest BCUT2D eigenvalue weighted by molar-refractivity contribution is -0.121. The standard InChI is InChI=1S/C28H31N5O2S/c34-28(27(20-11-16-36-18-20)33-14-1-2-15-33)30-21-5-8-25-24(17-21)26(32-31-25)19-3-6-22(7-4-19)35-23-9-12-29-13-10-23/h3-8,11,16-18,23,27,29H,1-2,9-10,12-15H2,(H,30,34)(H,31,32). The van der Waals surface area contributed by atoms with E-state index in [9.17, 15) is 4.79 Å². The highest BCUT2D eigenvalue weighted by molar-refractivity contribution is 7.08. The number of ether oxygens (including phenoxy) is 1. The van der Waals surface area contributed by atoms with Gasteiger partial charge >= 0.3 is 0 Å². The maximum Gasteiger partial charge on any atom is 0.246 e. The molecule has 186 valence electrons. The third kappa shape index (κ3) is 4.89. The number of likely N-dealkylation sites (tertiary alicyclic amines) is 1. The number of aromatic nitrogens is 2. The Bertz CT molecular complexity index is 1310. The normalized spacial score (nSPS) is 17.9. The molecule has 8 heteroatoms. The van der Waals surface area contributed by atoms with Crippen LogP contribution in [0.3, 0.4) is 0 Å². The SMILES string of the molecule is O=C(Nc1ccc2[nH]nc(-c3ccc(OC4CCNCC4)cc3)c2c1)C(c1ccsc1)N1CCCC1. The number of nitrogens with one attached hydrogen (secondary N) is 3. The number of benzene rings is 2. The summed E-state index contributed by atoms with van der Waals surface area (Å²) in [4.78, 5) is 15.7. The molecule has 1 amide bonds. The largest absolute Gasteiger partial charge is 0.490 e. The second-order valence-corrected chi connectivity index (χ2v) is 10.4. The number of hydrogen-bond donors (Lipinski definition) is 3. The molecule has 0 spiro atoms. The Balaban J connectivity index is 1.21. The van der Waals surface area contributed by atoms with E-state index in [1.54, 1.807) is 11.3 Å². The Kier molecular flexibility index (Phi) is 6.72. The quantitative estimate of drug-likeness (QED) is 0.324. The summed E-state index contributed by atoms with van der Waals surface area (Å²) in [5.41, 5.74) is 4.66. The first-order chi connectivity index (χ1) is 17.7. The monoisotopic (exact) mass is 501 g/mol. The van der Waals surface area contributed by atoms with Crippen LogP contribution in [0.2, 0.25) is 0 Å². The van der Waals surface area contributed by atoms with E-state index in [1.807, 2.05) is 35.7 Å². The topological polar surface area (TPSA) is 82.3 Å². The summed E-state index contributed by atoms with van der Waals surface area (Å²) in [7, 11) is 0. The number of nitrogens with zero attached hydrogens (tertiary/aromatic N) is 2. The van der Waals surface area contributed by atoms with Crippen molar-refractivity contribution in [2.45, 2.75) is 37.8 Å². The molecule has 2 fully saturated rings. The van der Waals surface area contributed by atoms with Crippen LogP contribution in [0.25, 0.3) is 22.2 Å². The van der Waals surface area contributed by atoms with Gasteiger partial charge in [-0.15, -0.1) is 0 Å². The van der Waals surface area contributed by atoms with E-state index in [0.29, 0.717) is 0 Å². The van der Waals surface area contributed by atoms with Crippen molar-refractivity contribution in [3.05, 3.63) is 64.9 Å². The molecule has 7 nitrogen and oxygen atoms in total. The average Bonchev–Trinajstić information content (AvgIpc) is 3.69. The predicted octanol–water partition coefficient (Wildman–Crippen LogP) is 5.20. The molecule has 36 heavy (non-hydrogen) atoms. The van der Waals surface area contributed by atoms with Crippen LogP contribution in [0.4, 0.5) is 5.69 Å². The first-order valence-corrected chi connectivity index (χ1v) is 13.7. The van der Waals surface area contributed by atoms with Gasteiger partial charge in [0.2, 0.25) is 5.91 Å². The van der Waals surface area contributed by atoms with Gasteiger partial charge in [-0.2, -0.15) is 16.4 Å². The number of anilines is 1.